The van der Waals surface area contributed by atoms with E-state index in [1.807, 2.05) is 19.1 Å². The van der Waals surface area contributed by atoms with Crippen LogP contribution in [0.2, 0.25) is 0 Å². The number of carbonyl (C=O) groups is 1. The zero-order chi connectivity index (χ0) is 21.2. The van der Waals surface area contributed by atoms with Crippen LogP contribution in [-0.4, -0.2) is 47.4 Å². The predicted molar refractivity (Wildman–Crippen MR) is 111 cm³/mol. The number of anilines is 1. The van der Waals surface area contributed by atoms with E-state index in [-0.39, 0.29) is 17.2 Å². The fourth-order valence-electron chi connectivity index (χ4n) is 3.23. The molecule has 29 heavy (non-hydrogen) atoms. The number of benzene rings is 2. The Kier molecular flexibility index (Phi) is 5.83. The van der Waals surface area contributed by atoms with Gasteiger partial charge in [0, 0.05) is 16.7 Å². The van der Waals surface area contributed by atoms with Crippen molar-refractivity contribution < 1.29 is 27.4 Å². The van der Waals surface area contributed by atoms with Crippen molar-refractivity contribution in [3.8, 4) is 17.2 Å². The van der Waals surface area contributed by atoms with Crippen LogP contribution >= 0.6 is 0 Å². The number of rotatable bonds is 6. The molecular formula is C21H23NO6S. The van der Waals surface area contributed by atoms with E-state index in [0.29, 0.717) is 22.9 Å². The van der Waals surface area contributed by atoms with Crippen molar-refractivity contribution in [3.05, 3.63) is 59.0 Å². The normalized spacial score (nSPS) is 17.0. The van der Waals surface area contributed by atoms with Crippen LogP contribution in [0.3, 0.4) is 0 Å². The predicted octanol–water partition coefficient (Wildman–Crippen LogP) is 2.98. The van der Waals surface area contributed by atoms with E-state index in [9.17, 15) is 13.2 Å². The zero-order valence-electron chi connectivity index (χ0n) is 16.7. The van der Waals surface area contributed by atoms with Crippen LogP contribution in [0.25, 0.3) is 0 Å². The molecule has 1 aliphatic rings. The number of aryl methyl sites for hydroxylation is 1. The van der Waals surface area contributed by atoms with Crippen LogP contribution in [0.5, 0.6) is 17.2 Å². The Balaban J connectivity index is 2.10. The molecule has 1 amide bonds. The molecule has 1 heterocycles. The smallest absolute Gasteiger partial charge is 0.259 e. The number of methoxy groups -OCH3 is 3. The van der Waals surface area contributed by atoms with Crippen LogP contribution in [0.4, 0.5) is 5.69 Å². The Morgan fingerprint density at radius 1 is 1.00 bits per heavy atom. The highest BCUT2D eigenvalue weighted by Crippen LogP contribution is 2.39. The summed E-state index contributed by atoms with van der Waals surface area (Å²) in [5, 5.41) is 1.15. The summed E-state index contributed by atoms with van der Waals surface area (Å²) in [6.07, 6.45) is 1.53. The van der Waals surface area contributed by atoms with Crippen molar-refractivity contribution in [2.45, 2.75) is 13.0 Å². The van der Waals surface area contributed by atoms with Crippen molar-refractivity contribution in [2.24, 2.45) is 0 Å². The topological polar surface area (TPSA) is 82.1 Å². The standard InChI is InChI=1S/C21H23NO6S/c1-14-5-7-16(8-6-14)22(17-9-10-29(24,25)13-17)21(23)15-11-18(26-2)20(28-4)19(12-15)27-3/h5-12,17H,13H2,1-4H3. The molecule has 0 bridgehead atoms. The molecule has 0 saturated carbocycles. The van der Waals surface area contributed by atoms with Crippen LogP contribution in [0.1, 0.15) is 15.9 Å². The minimum absolute atomic E-state index is 0.170. The second-order valence-corrected chi connectivity index (χ2v) is 8.58. The molecule has 1 unspecified atom stereocenters. The van der Waals surface area contributed by atoms with Gasteiger partial charge < -0.3 is 19.1 Å². The third-order valence-electron chi connectivity index (χ3n) is 4.69. The summed E-state index contributed by atoms with van der Waals surface area (Å²) < 4.78 is 40.0. The summed E-state index contributed by atoms with van der Waals surface area (Å²) in [5.41, 5.74) is 1.92. The first-order chi connectivity index (χ1) is 13.8. The molecule has 2 aromatic rings. The zero-order valence-corrected chi connectivity index (χ0v) is 17.5. The Hall–Kier alpha value is -3.00. The van der Waals surface area contributed by atoms with Crippen molar-refractivity contribution >= 4 is 21.4 Å². The third kappa shape index (κ3) is 4.22. The Bertz CT molecular complexity index is 1020. The molecule has 3 rings (SSSR count). The highest BCUT2D eigenvalue weighted by atomic mass is 32.2. The number of hydrogen-bond acceptors (Lipinski definition) is 6. The number of hydrogen-bond donors (Lipinski definition) is 0. The van der Waals surface area contributed by atoms with Gasteiger partial charge in [-0.1, -0.05) is 17.7 Å². The summed E-state index contributed by atoms with van der Waals surface area (Å²) >= 11 is 0. The second kappa shape index (κ2) is 8.16. The molecule has 8 heteroatoms. The first-order valence-electron chi connectivity index (χ1n) is 8.91. The minimum atomic E-state index is -3.35. The lowest BCUT2D eigenvalue weighted by atomic mass is 10.1. The molecule has 0 N–H and O–H groups in total. The number of carbonyl (C=O) groups excluding carboxylic acids is 1. The maximum absolute atomic E-state index is 13.5. The SMILES string of the molecule is COc1cc(C(=O)N(c2ccc(C)cc2)C2C=CS(=O)(=O)C2)cc(OC)c1OC. The van der Waals surface area contributed by atoms with Gasteiger partial charge in [-0.25, -0.2) is 8.42 Å². The third-order valence-corrected chi connectivity index (χ3v) is 6.06. The number of nitrogens with zero attached hydrogens (tertiary/aromatic N) is 1. The number of ether oxygens (including phenoxy) is 3. The fourth-order valence-corrected chi connectivity index (χ4v) is 4.50. The van der Waals surface area contributed by atoms with Gasteiger partial charge in [0.1, 0.15) is 0 Å². The van der Waals surface area contributed by atoms with Crippen LogP contribution in [-0.2, 0) is 9.84 Å². The van der Waals surface area contributed by atoms with E-state index in [4.69, 9.17) is 14.2 Å². The lowest BCUT2D eigenvalue weighted by molar-refractivity contribution is 0.0982. The average Bonchev–Trinajstić information content (AvgIpc) is 3.07. The lowest BCUT2D eigenvalue weighted by Crippen LogP contribution is -2.41. The highest BCUT2D eigenvalue weighted by molar-refractivity contribution is 7.94. The molecule has 7 nitrogen and oxygen atoms in total. The number of sulfone groups is 1. The van der Waals surface area contributed by atoms with E-state index in [2.05, 4.69) is 0 Å². The minimum Gasteiger partial charge on any atom is -0.493 e. The Labute approximate surface area is 170 Å². The van der Waals surface area contributed by atoms with Crippen LogP contribution in [0.15, 0.2) is 47.9 Å². The van der Waals surface area contributed by atoms with E-state index in [0.717, 1.165) is 11.0 Å². The van der Waals surface area contributed by atoms with Gasteiger partial charge in [-0.05, 0) is 37.3 Å². The van der Waals surface area contributed by atoms with Crippen LogP contribution < -0.4 is 19.1 Å². The van der Waals surface area contributed by atoms with E-state index in [1.165, 1.54) is 32.3 Å². The average molecular weight is 417 g/mol. The first kappa shape index (κ1) is 20.7. The molecular weight excluding hydrogens is 394 g/mol. The molecule has 0 fully saturated rings. The first-order valence-corrected chi connectivity index (χ1v) is 10.6. The highest BCUT2D eigenvalue weighted by Gasteiger charge is 2.33. The summed E-state index contributed by atoms with van der Waals surface area (Å²) in [7, 11) is 1.06. The van der Waals surface area contributed by atoms with Gasteiger partial charge in [-0.3, -0.25) is 4.79 Å². The van der Waals surface area contributed by atoms with Gasteiger partial charge >= 0.3 is 0 Å². The Morgan fingerprint density at radius 2 is 1.59 bits per heavy atom. The largest absolute Gasteiger partial charge is 0.493 e. The molecule has 0 aliphatic carbocycles. The molecule has 154 valence electrons. The van der Waals surface area contributed by atoms with Crippen molar-refractivity contribution in [2.75, 3.05) is 32.0 Å². The van der Waals surface area contributed by atoms with E-state index >= 15 is 0 Å². The summed E-state index contributed by atoms with van der Waals surface area (Å²) in [6, 6.07) is 9.83. The molecule has 0 saturated heterocycles. The van der Waals surface area contributed by atoms with Gasteiger partial charge in [-0.2, -0.15) is 0 Å². The summed E-state index contributed by atoms with van der Waals surface area (Å²) in [4.78, 5) is 15.0. The van der Waals surface area contributed by atoms with Crippen LogP contribution in [0, 0.1) is 6.92 Å². The van der Waals surface area contributed by atoms with Gasteiger partial charge in [-0.15, -0.1) is 0 Å². The molecule has 1 atom stereocenters. The fraction of sp³-hybridized carbons (Fsp3) is 0.286. The summed E-state index contributed by atoms with van der Waals surface area (Å²) in [6.45, 7) is 1.94. The van der Waals surface area contributed by atoms with Crippen molar-refractivity contribution in [1.82, 2.24) is 0 Å². The molecule has 0 aromatic heterocycles. The van der Waals surface area contributed by atoms with Crippen molar-refractivity contribution in [3.63, 3.8) is 0 Å². The van der Waals surface area contributed by atoms with Gasteiger partial charge in [0.15, 0.2) is 21.3 Å². The maximum Gasteiger partial charge on any atom is 0.259 e. The molecule has 1 aliphatic heterocycles. The molecule has 0 spiro atoms. The lowest BCUT2D eigenvalue weighted by Gasteiger charge is -2.28. The van der Waals surface area contributed by atoms with Gasteiger partial charge in [0.05, 0.1) is 33.1 Å². The summed E-state index contributed by atoms with van der Waals surface area (Å²) in [5.74, 6) is 0.510. The Morgan fingerprint density at radius 3 is 2.03 bits per heavy atom. The molecule has 0 radical (unpaired) electrons. The van der Waals surface area contributed by atoms with Crippen molar-refractivity contribution in [1.29, 1.82) is 0 Å². The second-order valence-electron chi connectivity index (χ2n) is 6.65. The monoisotopic (exact) mass is 417 g/mol. The maximum atomic E-state index is 13.5. The van der Waals surface area contributed by atoms with Gasteiger partial charge in [0.25, 0.3) is 5.91 Å². The van der Waals surface area contributed by atoms with E-state index in [1.54, 1.807) is 24.3 Å². The molecule has 2 aromatic carbocycles. The van der Waals surface area contributed by atoms with E-state index < -0.39 is 15.9 Å². The van der Waals surface area contributed by atoms with Gasteiger partial charge in [0.2, 0.25) is 5.75 Å². The quantitative estimate of drug-likeness (QED) is 0.719. The number of amides is 1.